The Hall–Kier alpha value is -1.30. The standard InChI is InChI=1S/C7H7NO4S.C2H6/c1-2-4-6(11)8(3-5(9)10)7(12)13-4;1-2/h2H,3H2,1H3,(H,9,10);1-2H3/b4-2-;. The second-order valence-corrected chi connectivity index (χ2v) is 3.30. The van der Waals surface area contributed by atoms with E-state index in [2.05, 4.69) is 0 Å². The molecule has 0 spiro atoms. The highest BCUT2D eigenvalue weighted by Gasteiger charge is 2.35. The van der Waals surface area contributed by atoms with Crippen LogP contribution in [0.5, 0.6) is 0 Å². The van der Waals surface area contributed by atoms with Gasteiger partial charge in [-0.3, -0.25) is 19.3 Å². The summed E-state index contributed by atoms with van der Waals surface area (Å²) in [5, 5.41) is 7.87. The lowest BCUT2D eigenvalue weighted by molar-refractivity contribution is -0.140. The number of thioether (sulfide) groups is 1. The third-order valence-corrected chi connectivity index (χ3v) is 2.45. The van der Waals surface area contributed by atoms with Crippen LogP contribution in [0, 0.1) is 0 Å². The Morgan fingerprint density at radius 3 is 2.33 bits per heavy atom. The Bertz CT molecular complexity index is 311. The van der Waals surface area contributed by atoms with Gasteiger partial charge in [-0.1, -0.05) is 19.9 Å². The molecule has 0 saturated carbocycles. The molecule has 1 aliphatic heterocycles. The van der Waals surface area contributed by atoms with Gasteiger partial charge in [0.2, 0.25) is 0 Å². The van der Waals surface area contributed by atoms with E-state index < -0.39 is 23.7 Å². The van der Waals surface area contributed by atoms with E-state index in [9.17, 15) is 14.4 Å². The van der Waals surface area contributed by atoms with Crippen LogP contribution in [-0.4, -0.2) is 33.7 Å². The van der Waals surface area contributed by atoms with Crippen molar-refractivity contribution >= 4 is 28.9 Å². The zero-order valence-corrected chi connectivity index (χ0v) is 9.63. The number of hydrogen-bond acceptors (Lipinski definition) is 4. The van der Waals surface area contributed by atoms with E-state index in [0.29, 0.717) is 4.90 Å². The summed E-state index contributed by atoms with van der Waals surface area (Å²) < 4.78 is 0. The highest BCUT2D eigenvalue weighted by atomic mass is 32.2. The molecule has 0 unspecified atom stereocenters. The van der Waals surface area contributed by atoms with Gasteiger partial charge in [0, 0.05) is 0 Å². The molecule has 1 aliphatic rings. The predicted molar refractivity (Wildman–Crippen MR) is 57.4 cm³/mol. The van der Waals surface area contributed by atoms with E-state index in [0.717, 1.165) is 11.8 Å². The number of amides is 2. The van der Waals surface area contributed by atoms with Crippen molar-refractivity contribution in [1.82, 2.24) is 4.90 Å². The van der Waals surface area contributed by atoms with Crippen molar-refractivity contribution in [2.24, 2.45) is 0 Å². The Kier molecular flexibility index (Phi) is 5.69. The minimum Gasteiger partial charge on any atom is -0.480 e. The average molecular weight is 231 g/mol. The highest BCUT2D eigenvalue weighted by Crippen LogP contribution is 2.29. The van der Waals surface area contributed by atoms with Crippen LogP contribution < -0.4 is 0 Å². The zero-order chi connectivity index (χ0) is 12.0. The third-order valence-electron chi connectivity index (χ3n) is 1.43. The maximum Gasteiger partial charge on any atom is 0.323 e. The highest BCUT2D eigenvalue weighted by molar-refractivity contribution is 8.18. The molecule has 1 saturated heterocycles. The molecule has 15 heavy (non-hydrogen) atoms. The van der Waals surface area contributed by atoms with Crippen molar-refractivity contribution < 1.29 is 19.5 Å². The lowest BCUT2D eigenvalue weighted by atomic mass is 10.4. The third kappa shape index (κ3) is 3.39. The maximum absolute atomic E-state index is 11.2. The summed E-state index contributed by atoms with van der Waals surface area (Å²) in [5.74, 6) is -1.72. The van der Waals surface area contributed by atoms with Crippen LogP contribution in [0.1, 0.15) is 20.8 Å². The molecule has 5 nitrogen and oxygen atoms in total. The number of carbonyl (C=O) groups is 3. The number of rotatable bonds is 2. The first-order valence-electron chi connectivity index (χ1n) is 4.48. The Balaban J connectivity index is 0.000000921. The van der Waals surface area contributed by atoms with E-state index in [-0.39, 0.29) is 4.91 Å². The summed E-state index contributed by atoms with van der Waals surface area (Å²) in [7, 11) is 0. The van der Waals surface area contributed by atoms with Gasteiger partial charge in [-0.05, 0) is 18.7 Å². The Morgan fingerprint density at radius 2 is 2.00 bits per heavy atom. The van der Waals surface area contributed by atoms with Crippen molar-refractivity contribution in [1.29, 1.82) is 0 Å². The maximum atomic E-state index is 11.2. The van der Waals surface area contributed by atoms with Gasteiger partial charge in [-0.25, -0.2) is 0 Å². The minimum absolute atomic E-state index is 0.284. The molecule has 0 aromatic heterocycles. The van der Waals surface area contributed by atoms with Crippen LogP contribution in [-0.2, 0) is 9.59 Å². The summed E-state index contributed by atoms with van der Waals surface area (Å²) in [4.78, 5) is 33.5. The van der Waals surface area contributed by atoms with Gasteiger partial charge in [0.25, 0.3) is 11.1 Å². The van der Waals surface area contributed by atoms with Crippen molar-refractivity contribution in [3.05, 3.63) is 11.0 Å². The smallest absolute Gasteiger partial charge is 0.323 e. The first-order chi connectivity index (χ1) is 7.06. The number of carboxylic acids is 1. The van der Waals surface area contributed by atoms with E-state index in [1.165, 1.54) is 6.08 Å². The largest absolute Gasteiger partial charge is 0.480 e. The van der Waals surface area contributed by atoms with E-state index in [1.807, 2.05) is 13.8 Å². The normalized spacial score (nSPS) is 17.8. The zero-order valence-electron chi connectivity index (χ0n) is 8.81. The van der Waals surface area contributed by atoms with Crippen molar-refractivity contribution in [2.75, 3.05) is 6.54 Å². The quantitative estimate of drug-likeness (QED) is 0.732. The molecule has 2 amide bonds. The van der Waals surface area contributed by atoms with Crippen LogP contribution in [0.25, 0.3) is 0 Å². The molecule has 0 aliphatic carbocycles. The topological polar surface area (TPSA) is 74.7 Å². The molecule has 0 atom stereocenters. The van der Waals surface area contributed by atoms with Gasteiger partial charge in [0.05, 0.1) is 4.91 Å². The van der Waals surface area contributed by atoms with Crippen LogP contribution in [0.15, 0.2) is 11.0 Å². The first kappa shape index (κ1) is 13.7. The second kappa shape index (κ2) is 6.23. The summed E-state index contributed by atoms with van der Waals surface area (Å²) in [6, 6.07) is 0. The van der Waals surface area contributed by atoms with Gasteiger partial charge in [-0.15, -0.1) is 0 Å². The molecule has 1 N–H and O–H groups in total. The second-order valence-electron chi connectivity index (χ2n) is 2.31. The van der Waals surface area contributed by atoms with Gasteiger partial charge in [0.15, 0.2) is 0 Å². The fourth-order valence-electron chi connectivity index (χ4n) is 0.863. The fourth-order valence-corrected chi connectivity index (χ4v) is 1.62. The van der Waals surface area contributed by atoms with Crippen molar-refractivity contribution in [3.63, 3.8) is 0 Å². The number of allylic oxidation sites excluding steroid dienone is 1. The summed E-state index contributed by atoms with van der Waals surface area (Å²) >= 11 is 0.759. The van der Waals surface area contributed by atoms with Gasteiger partial charge >= 0.3 is 5.97 Å². The molecule has 84 valence electrons. The fraction of sp³-hybridized carbons (Fsp3) is 0.444. The summed E-state index contributed by atoms with van der Waals surface area (Å²) in [6.45, 7) is 5.06. The molecule has 0 aromatic carbocycles. The summed E-state index contributed by atoms with van der Waals surface area (Å²) in [6.07, 6.45) is 1.49. The molecule has 1 rings (SSSR count). The lowest BCUT2D eigenvalue weighted by Gasteiger charge is -2.07. The number of aliphatic carboxylic acids is 1. The van der Waals surface area contributed by atoms with Gasteiger partial charge in [-0.2, -0.15) is 0 Å². The van der Waals surface area contributed by atoms with Crippen LogP contribution in [0.2, 0.25) is 0 Å². The number of hydrogen-bond donors (Lipinski definition) is 1. The number of nitrogens with zero attached hydrogens (tertiary/aromatic N) is 1. The monoisotopic (exact) mass is 231 g/mol. The minimum atomic E-state index is -1.19. The Labute approximate surface area is 92.1 Å². The summed E-state index contributed by atoms with van der Waals surface area (Å²) in [5.41, 5.74) is 0. The van der Waals surface area contributed by atoms with Gasteiger partial charge < -0.3 is 5.11 Å². The number of imide groups is 1. The molecule has 6 heteroatoms. The lowest BCUT2D eigenvalue weighted by Crippen LogP contribution is -2.33. The van der Waals surface area contributed by atoms with Crippen LogP contribution in [0.3, 0.4) is 0 Å². The number of carboxylic acid groups (broad SMARTS) is 1. The van der Waals surface area contributed by atoms with Crippen molar-refractivity contribution in [2.45, 2.75) is 20.8 Å². The van der Waals surface area contributed by atoms with Crippen LogP contribution in [0.4, 0.5) is 4.79 Å². The molecular formula is C9H13NO4S. The predicted octanol–water partition coefficient (Wildman–Crippen LogP) is 1.70. The average Bonchev–Trinajstić information content (AvgIpc) is 2.48. The SMILES string of the molecule is C/C=C1\SC(=O)N(CC(=O)O)C1=O.CC. The molecule has 0 bridgehead atoms. The first-order valence-corrected chi connectivity index (χ1v) is 5.29. The van der Waals surface area contributed by atoms with E-state index in [1.54, 1.807) is 6.92 Å². The molecule has 1 fully saturated rings. The van der Waals surface area contributed by atoms with E-state index >= 15 is 0 Å². The molecule has 0 aromatic rings. The molecule has 1 heterocycles. The van der Waals surface area contributed by atoms with Crippen molar-refractivity contribution in [3.8, 4) is 0 Å². The van der Waals surface area contributed by atoms with Crippen LogP contribution >= 0.6 is 11.8 Å². The number of carbonyl (C=O) groups excluding carboxylic acids is 2. The Morgan fingerprint density at radius 1 is 1.47 bits per heavy atom. The van der Waals surface area contributed by atoms with Gasteiger partial charge in [0.1, 0.15) is 6.54 Å². The van der Waals surface area contributed by atoms with E-state index in [4.69, 9.17) is 5.11 Å². The molecule has 0 radical (unpaired) electrons. The molecular weight excluding hydrogens is 218 g/mol.